The smallest absolute Gasteiger partial charge is 0.246 e. The fourth-order valence-electron chi connectivity index (χ4n) is 2.58. The van der Waals surface area contributed by atoms with Crippen LogP contribution in [0.4, 0.5) is 10.1 Å². The van der Waals surface area contributed by atoms with Crippen molar-refractivity contribution >= 4 is 11.6 Å². The molecule has 4 nitrogen and oxygen atoms in total. The summed E-state index contributed by atoms with van der Waals surface area (Å²) in [6.07, 6.45) is 3.32. The van der Waals surface area contributed by atoms with Crippen LogP contribution in [0.25, 0.3) is 0 Å². The number of halogens is 1. The molecular weight excluding hydrogens is 271 g/mol. The number of rotatable bonds is 5. The normalized spacial score (nSPS) is 18.4. The molecule has 2 N–H and O–H groups in total. The molecular formula is C16H17FN2O2. The Labute approximate surface area is 122 Å². The zero-order valence-corrected chi connectivity index (χ0v) is 11.7. The first-order chi connectivity index (χ1) is 10.1. The lowest BCUT2D eigenvalue weighted by atomic mass is 10.1. The summed E-state index contributed by atoms with van der Waals surface area (Å²) in [7, 11) is 0. The number of carbonyl (C=O) groups is 1. The topological polar surface area (TPSA) is 54.3 Å². The van der Waals surface area contributed by atoms with Gasteiger partial charge in [0, 0.05) is 23.7 Å². The number of aryl methyl sites for hydroxylation is 1. The Balaban J connectivity index is 1.63. The molecule has 110 valence electrons. The number of furan rings is 1. The van der Waals surface area contributed by atoms with Crippen molar-refractivity contribution in [3.63, 3.8) is 0 Å². The van der Waals surface area contributed by atoms with Crippen LogP contribution in [0.2, 0.25) is 0 Å². The van der Waals surface area contributed by atoms with E-state index >= 15 is 0 Å². The minimum atomic E-state index is -0.424. The molecule has 0 fully saturated rings. The van der Waals surface area contributed by atoms with Gasteiger partial charge in [-0.3, -0.25) is 10.1 Å². The lowest BCUT2D eigenvalue weighted by Gasteiger charge is -2.18. The van der Waals surface area contributed by atoms with Gasteiger partial charge in [0.25, 0.3) is 0 Å². The lowest BCUT2D eigenvalue weighted by molar-refractivity contribution is -0.117. The molecule has 1 aliphatic heterocycles. The predicted molar refractivity (Wildman–Crippen MR) is 77.4 cm³/mol. The van der Waals surface area contributed by atoms with E-state index in [0.717, 1.165) is 24.2 Å². The first-order valence-corrected chi connectivity index (χ1v) is 7.02. The zero-order chi connectivity index (χ0) is 14.8. The SMILES string of the molecule is CC(CCc1ccco1)NC1C(=O)Nc2cc(F)ccc21. The van der Waals surface area contributed by atoms with Crippen molar-refractivity contribution in [1.29, 1.82) is 0 Å². The number of nitrogens with one attached hydrogen (secondary N) is 2. The Bertz CT molecular complexity index is 640. The van der Waals surface area contributed by atoms with Crippen LogP contribution in [0.5, 0.6) is 0 Å². The second-order valence-corrected chi connectivity index (χ2v) is 5.34. The third-order valence-electron chi connectivity index (χ3n) is 3.70. The largest absolute Gasteiger partial charge is 0.469 e. The maximum atomic E-state index is 13.2. The van der Waals surface area contributed by atoms with E-state index < -0.39 is 6.04 Å². The Morgan fingerprint density at radius 3 is 3.05 bits per heavy atom. The van der Waals surface area contributed by atoms with Crippen LogP contribution < -0.4 is 10.6 Å². The summed E-state index contributed by atoms with van der Waals surface area (Å²) in [4.78, 5) is 12.0. The second-order valence-electron chi connectivity index (χ2n) is 5.34. The molecule has 1 aromatic heterocycles. The van der Waals surface area contributed by atoms with Gasteiger partial charge in [-0.15, -0.1) is 0 Å². The van der Waals surface area contributed by atoms with Crippen LogP contribution in [0.1, 0.15) is 30.7 Å². The van der Waals surface area contributed by atoms with Crippen LogP contribution >= 0.6 is 0 Å². The van der Waals surface area contributed by atoms with E-state index in [-0.39, 0.29) is 17.8 Å². The Kier molecular flexibility index (Phi) is 3.75. The summed E-state index contributed by atoms with van der Waals surface area (Å²) in [6.45, 7) is 2.03. The highest BCUT2D eigenvalue weighted by Crippen LogP contribution is 2.31. The van der Waals surface area contributed by atoms with Crippen molar-refractivity contribution in [1.82, 2.24) is 5.32 Å². The van der Waals surface area contributed by atoms with E-state index in [1.165, 1.54) is 12.1 Å². The van der Waals surface area contributed by atoms with Gasteiger partial charge in [-0.2, -0.15) is 0 Å². The zero-order valence-electron chi connectivity index (χ0n) is 11.7. The molecule has 2 aromatic rings. The summed E-state index contributed by atoms with van der Waals surface area (Å²) in [5.41, 5.74) is 1.35. The van der Waals surface area contributed by atoms with Crippen LogP contribution in [-0.2, 0) is 11.2 Å². The van der Waals surface area contributed by atoms with Crippen molar-refractivity contribution in [2.45, 2.75) is 31.8 Å². The molecule has 2 atom stereocenters. The van der Waals surface area contributed by atoms with E-state index in [1.807, 2.05) is 19.1 Å². The molecule has 1 aliphatic rings. The molecule has 2 unspecified atom stereocenters. The third kappa shape index (κ3) is 2.97. The summed E-state index contributed by atoms with van der Waals surface area (Å²) in [5, 5.41) is 5.99. The average Bonchev–Trinajstić information content (AvgIpc) is 3.05. The van der Waals surface area contributed by atoms with Crippen molar-refractivity contribution in [3.8, 4) is 0 Å². The van der Waals surface area contributed by atoms with Crippen molar-refractivity contribution in [2.24, 2.45) is 0 Å². The van der Waals surface area contributed by atoms with Gasteiger partial charge >= 0.3 is 0 Å². The molecule has 1 amide bonds. The fourth-order valence-corrected chi connectivity index (χ4v) is 2.58. The van der Waals surface area contributed by atoms with E-state index in [2.05, 4.69) is 10.6 Å². The van der Waals surface area contributed by atoms with Crippen molar-refractivity contribution < 1.29 is 13.6 Å². The van der Waals surface area contributed by atoms with E-state index in [1.54, 1.807) is 12.3 Å². The Morgan fingerprint density at radius 1 is 1.43 bits per heavy atom. The Morgan fingerprint density at radius 2 is 2.29 bits per heavy atom. The highest BCUT2D eigenvalue weighted by molar-refractivity contribution is 6.02. The van der Waals surface area contributed by atoms with E-state index in [9.17, 15) is 9.18 Å². The van der Waals surface area contributed by atoms with Crippen LogP contribution in [0.3, 0.4) is 0 Å². The quantitative estimate of drug-likeness (QED) is 0.889. The second kappa shape index (κ2) is 5.69. The summed E-state index contributed by atoms with van der Waals surface area (Å²) in [6, 6.07) is 7.90. The summed E-state index contributed by atoms with van der Waals surface area (Å²) in [5.74, 6) is 0.447. The number of hydrogen-bond acceptors (Lipinski definition) is 3. The molecule has 21 heavy (non-hydrogen) atoms. The minimum absolute atomic E-state index is 0.138. The van der Waals surface area contributed by atoms with Crippen LogP contribution in [0, 0.1) is 5.82 Å². The van der Waals surface area contributed by atoms with Gasteiger partial charge in [0.15, 0.2) is 0 Å². The predicted octanol–water partition coefficient (Wildman–Crippen LogP) is 3.02. The van der Waals surface area contributed by atoms with Crippen molar-refractivity contribution in [2.75, 3.05) is 5.32 Å². The molecule has 5 heteroatoms. The van der Waals surface area contributed by atoms with Gasteiger partial charge in [0.05, 0.1) is 6.26 Å². The third-order valence-corrected chi connectivity index (χ3v) is 3.70. The van der Waals surface area contributed by atoms with Gasteiger partial charge in [0.2, 0.25) is 5.91 Å². The van der Waals surface area contributed by atoms with Gasteiger partial charge in [-0.1, -0.05) is 6.07 Å². The first-order valence-electron chi connectivity index (χ1n) is 7.02. The van der Waals surface area contributed by atoms with Crippen LogP contribution in [0.15, 0.2) is 41.0 Å². The number of hydrogen-bond donors (Lipinski definition) is 2. The molecule has 0 saturated heterocycles. The molecule has 0 saturated carbocycles. The molecule has 0 radical (unpaired) electrons. The first kappa shape index (κ1) is 13.8. The lowest BCUT2D eigenvalue weighted by Crippen LogP contribution is -2.34. The fraction of sp³-hybridized carbons (Fsp3) is 0.312. The number of fused-ring (bicyclic) bond motifs is 1. The maximum absolute atomic E-state index is 13.2. The highest BCUT2D eigenvalue weighted by atomic mass is 19.1. The van der Waals surface area contributed by atoms with Gasteiger partial charge in [-0.25, -0.2) is 4.39 Å². The molecule has 2 heterocycles. The van der Waals surface area contributed by atoms with E-state index in [0.29, 0.717) is 5.69 Å². The summed E-state index contributed by atoms with van der Waals surface area (Å²) >= 11 is 0. The number of amides is 1. The molecule has 1 aromatic carbocycles. The van der Waals surface area contributed by atoms with E-state index in [4.69, 9.17) is 4.42 Å². The number of benzene rings is 1. The molecule has 0 aliphatic carbocycles. The Hall–Kier alpha value is -2.14. The molecule has 0 bridgehead atoms. The summed E-state index contributed by atoms with van der Waals surface area (Å²) < 4.78 is 18.5. The maximum Gasteiger partial charge on any atom is 0.246 e. The van der Waals surface area contributed by atoms with Gasteiger partial charge in [-0.05, 0) is 37.6 Å². The van der Waals surface area contributed by atoms with Crippen LogP contribution in [-0.4, -0.2) is 11.9 Å². The monoisotopic (exact) mass is 288 g/mol. The molecule has 0 spiro atoms. The van der Waals surface area contributed by atoms with Gasteiger partial charge < -0.3 is 9.73 Å². The highest BCUT2D eigenvalue weighted by Gasteiger charge is 2.31. The number of carbonyl (C=O) groups excluding carboxylic acids is 1. The standard InChI is InChI=1S/C16H17FN2O2/c1-10(4-6-12-3-2-8-21-12)18-15-13-7-5-11(17)9-14(13)19-16(15)20/h2-3,5,7-10,15,18H,4,6H2,1H3,(H,19,20). The van der Waals surface area contributed by atoms with Gasteiger partial charge in [0.1, 0.15) is 17.6 Å². The van der Waals surface area contributed by atoms with Crippen molar-refractivity contribution in [3.05, 3.63) is 53.7 Å². The number of anilines is 1. The molecule has 3 rings (SSSR count). The average molecular weight is 288 g/mol. The minimum Gasteiger partial charge on any atom is -0.469 e.